The van der Waals surface area contributed by atoms with E-state index >= 15 is 0 Å². The quantitative estimate of drug-likeness (QED) is 0.832. The number of carbonyl (C=O) groups excluding carboxylic acids is 1. The molecule has 0 radical (unpaired) electrons. The molecule has 1 aromatic rings. The average Bonchev–Trinajstić information content (AvgIpc) is 2.90. The van der Waals surface area contributed by atoms with E-state index in [2.05, 4.69) is 34.5 Å². The van der Waals surface area contributed by atoms with Gasteiger partial charge in [-0.2, -0.15) is 0 Å². The van der Waals surface area contributed by atoms with Crippen LogP contribution in [-0.4, -0.2) is 53.1 Å². The average molecular weight is 373 g/mol. The molecule has 0 saturated carbocycles. The van der Waals surface area contributed by atoms with Gasteiger partial charge in [0.2, 0.25) is 0 Å². The number of hydrogen-bond acceptors (Lipinski definition) is 3. The van der Waals surface area contributed by atoms with Crippen molar-refractivity contribution in [2.75, 3.05) is 26.2 Å². The molecule has 27 heavy (non-hydrogen) atoms. The monoisotopic (exact) mass is 373 g/mol. The van der Waals surface area contributed by atoms with E-state index in [0.29, 0.717) is 19.5 Å². The summed E-state index contributed by atoms with van der Waals surface area (Å²) >= 11 is 0. The Kier molecular flexibility index (Phi) is 6.37. The van der Waals surface area contributed by atoms with E-state index in [0.717, 1.165) is 12.1 Å². The first-order valence-corrected chi connectivity index (χ1v) is 10.0. The maximum atomic E-state index is 12.3. The fourth-order valence-electron chi connectivity index (χ4n) is 3.91. The van der Waals surface area contributed by atoms with Crippen LogP contribution >= 0.6 is 0 Å². The number of amides is 2. The SMILES string of the molecule is CC1(C(=O)O)CCN(C(=O)NCc2ccc(CN3CCCCCC3)cc2)C1. The highest BCUT2D eigenvalue weighted by Crippen LogP contribution is 2.30. The Hall–Kier alpha value is -2.08. The molecule has 2 heterocycles. The second kappa shape index (κ2) is 8.74. The largest absolute Gasteiger partial charge is 0.481 e. The summed E-state index contributed by atoms with van der Waals surface area (Å²) in [6, 6.07) is 8.24. The summed E-state index contributed by atoms with van der Waals surface area (Å²) in [5.41, 5.74) is 1.54. The zero-order chi connectivity index (χ0) is 19.3. The molecule has 148 valence electrons. The molecular formula is C21H31N3O3. The first-order chi connectivity index (χ1) is 13.0. The van der Waals surface area contributed by atoms with Crippen LogP contribution in [0.4, 0.5) is 4.79 Å². The lowest BCUT2D eigenvalue weighted by Crippen LogP contribution is -2.40. The van der Waals surface area contributed by atoms with Crippen molar-refractivity contribution < 1.29 is 14.7 Å². The Bertz CT molecular complexity index is 653. The number of carboxylic acids is 1. The number of aliphatic carboxylic acids is 1. The van der Waals surface area contributed by atoms with Crippen LogP contribution in [0.3, 0.4) is 0 Å². The Morgan fingerprint density at radius 3 is 2.26 bits per heavy atom. The lowest BCUT2D eigenvalue weighted by Gasteiger charge is -2.21. The summed E-state index contributed by atoms with van der Waals surface area (Å²) in [6.45, 7) is 6.28. The predicted octanol–water partition coefficient (Wildman–Crippen LogP) is 3.07. The number of rotatable bonds is 5. The van der Waals surface area contributed by atoms with Crippen molar-refractivity contribution in [3.8, 4) is 0 Å². The zero-order valence-electron chi connectivity index (χ0n) is 16.2. The van der Waals surface area contributed by atoms with Crippen LogP contribution in [0.5, 0.6) is 0 Å². The third-order valence-corrected chi connectivity index (χ3v) is 5.85. The number of likely N-dealkylation sites (tertiary alicyclic amines) is 2. The van der Waals surface area contributed by atoms with Crippen molar-refractivity contribution in [2.45, 2.75) is 52.1 Å². The summed E-state index contributed by atoms with van der Waals surface area (Å²) in [7, 11) is 0. The molecular weight excluding hydrogens is 342 g/mol. The van der Waals surface area contributed by atoms with Gasteiger partial charge in [0.05, 0.1) is 5.41 Å². The van der Waals surface area contributed by atoms with E-state index in [4.69, 9.17) is 0 Å². The van der Waals surface area contributed by atoms with Gasteiger partial charge < -0.3 is 15.3 Å². The van der Waals surface area contributed by atoms with Crippen LogP contribution in [0.2, 0.25) is 0 Å². The molecule has 1 unspecified atom stereocenters. The minimum atomic E-state index is -0.835. The van der Waals surface area contributed by atoms with E-state index in [1.165, 1.54) is 44.3 Å². The van der Waals surface area contributed by atoms with Crippen LogP contribution in [0.25, 0.3) is 0 Å². The molecule has 0 bridgehead atoms. The van der Waals surface area contributed by atoms with Crippen LogP contribution in [0, 0.1) is 5.41 Å². The highest BCUT2D eigenvalue weighted by molar-refractivity contribution is 5.79. The number of urea groups is 1. The van der Waals surface area contributed by atoms with Gasteiger partial charge in [0.25, 0.3) is 0 Å². The number of nitrogens with zero attached hydrogens (tertiary/aromatic N) is 2. The van der Waals surface area contributed by atoms with Gasteiger partial charge in [0.1, 0.15) is 0 Å². The van der Waals surface area contributed by atoms with Gasteiger partial charge in [0.15, 0.2) is 0 Å². The topological polar surface area (TPSA) is 72.9 Å². The highest BCUT2D eigenvalue weighted by Gasteiger charge is 2.42. The van der Waals surface area contributed by atoms with Gasteiger partial charge in [-0.05, 0) is 50.4 Å². The molecule has 0 spiro atoms. The molecule has 0 aliphatic carbocycles. The summed E-state index contributed by atoms with van der Waals surface area (Å²) < 4.78 is 0. The standard InChI is InChI=1S/C21H31N3O3/c1-21(19(25)26)10-13-24(16-21)20(27)22-14-17-6-8-18(9-7-17)15-23-11-4-2-3-5-12-23/h6-9H,2-5,10-16H2,1H3,(H,22,27)(H,25,26). The van der Waals surface area contributed by atoms with Crippen LogP contribution in [0.15, 0.2) is 24.3 Å². The predicted molar refractivity (Wildman–Crippen MR) is 104 cm³/mol. The second-order valence-corrected chi connectivity index (χ2v) is 8.20. The van der Waals surface area contributed by atoms with Crippen molar-refractivity contribution in [1.82, 2.24) is 15.1 Å². The van der Waals surface area contributed by atoms with Gasteiger partial charge >= 0.3 is 12.0 Å². The minimum absolute atomic E-state index is 0.186. The number of carboxylic acid groups (broad SMARTS) is 1. The molecule has 1 atom stereocenters. The molecule has 2 amide bonds. The zero-order valence-corrected chi connectivity index (χ0v) is 16.2. The van der Waals surface area contributed by atoms with Crippen LogP contribution in [-0.2, 0) is 17.9 Å². The maximum absolute atomic E-state index is 12.3. The molecule has 2 aliphatic heterocycles. The third-order valence-electron chi connectivity index (χ3n) is 5.85. The van der Waals surface area contributed by atoms with E-state index in [1.807, 2.05) is 0 Å². The fraction of sp³-hybridized carbons (Fsp3) is 0.619. The molecule has 2 saturated heterocycles. The summed E-state index contributed by atoms with van der Waals surface area (Å²) in [6.07, 6.45) is 5.78. The van der Waals surface area contributed by atoms with Crippen molar-refractivity contribution in [3.05, 3.63) is 35.4 Å². The molecule has 6 nitrogen and oxygen atoms in total. The van der Waals surface area contributed by atoms with Crippen LogP contribution in [0.1, 0.15) is 50.2 Å². The molecule has 1 aromatic carbocycles. The minimum Gasteiger partial charge on any atom is -0.481 e. The van der Waals surface area contributed by atoms with Crippen molar-refractivity contribution in [1.29, 1.82) is 0 Å². The van der Waals surface area contributed by atoms with Gasteiger partial charge in [-0.1, -0.05) is 37.1 Å². The Balaban J connectivity index is 1.46. The molecule has 6 heteroatoms. The molecule has 0 aromatic heterocycles. The summed E-state index contributed by atoms with van der Waals surface area (Å²) in [5.74, 6) is -0.835. The Labute approximate surface area is 161 Å². The highest BCUT2D eigenvalue weighted by atomic mass is 16.4. The maximum Gasteiger partial charge on any atom is 0.317 e. The van der Waals surface area contributed by atoms with E-state index in [1.54, 1.807) is 11.8 Å². The number of nitrogens with one attached hydrogen (secondary N) is 1. The molecule has 2 N–H and O–H groups in total. The van der Waals surface area contributed by atoms with E-state index in [9.17, 15) is 14.7 Å². The summed E-state index contributed by atoms with van der Waals surface area (Å²) in [5, 5.41) is 12.2. The van der Waals surface area contributed by atoms with E-state index < -0.39 is 11.4 Å². The van der Waals surface area contributed by atoms with Crippen LogP contribution < -0.4 is 5.32 Å². The smallest absolute Gasteiger partial charge is 0.317 e. The van der Waals surface area contributed by atoms with Crippen molar-refractivity contribution in [2.24, 2.45) is 5.41 Å². The Morgan fingerprint density at radius 1 is 1.04 bits per heavy atom. The van der Waals surface area contributed by atoms with Crippen molar-refractivity contribution in [3.63, 3.8) is 0 Å². The van der Waals surface area contributed by atoms with Gasteiger partial charge in [-0.15, -0.1) is 0 Å². The number of benzene rings is 1. The van der Waals surface area contributed by atoms with E-state index in [-0.39, 0.29) is 12.6 Å². The third kappa shape index (κ3) is 5.22. The Morgan fingerprint density at radius 2 is 1.67 bits per heavy atom. The molecule has 2 aliphatic rings. The van der Waals surface area contributed by atoms with Crippen molar-refractivity contribution >= 4 is 12.0 Å². The number of carbonyl (C=O) groups is 2. The lowest BCUT2D eigenvalue weighted by atomic mass is 9.90. The lowest BCUT2D eigenvalue weighted by molar-refractivity contribution is -0.147. The second-order valence-electron chi connectivity index (χ2n) is 8.20. The first kappa shape index (κ1) is 19.7. The first-order valence-electron chi connectivity index (χ1n) is 10.0. The number of hydrogen-bond donors (Lipinski definition) is 2. The fourth-order valence-corrected chi connectivity index (χ4v) is 3.91. The van der Waals surface area contributed by atoms with Gasteiger partial charge in [-0.3, -0.25) is 9.69 Å². The van der Waals surface area contributed by atoms with Gasteiger partial charge in [0, 0.05) is 26.2 Å². The van der Waals surface area contributed by atoms with Gasteiger partial charge in [-0.25, -0.2) is 4.79 Å². The normalized spacial score (nSPS) is 23.8. The molecule has 2 fully saturated rings. The molecule has 3 rings (SSSR count). The summed E-state index contributed by atoms with van der Waals surface area (Å²) in [4.78, 5) is 27.7.